The molecular formula is C27H22ClNO6S. The molecule has 0 radical (unpaired) electrons. The summed E-state index contributed by atoms with van der Waals surface area (Å²) in [5.74, 6) is 0.253. The number of carbonyl (C=O) groups is 3. The first kappa shape index (κ1) is 25.3. The number of nitrogens with zero attached hydrogens (tertiary/aromatic N) is 1. The maximum Gasteiger partial charge on any atom is 0.343 e. The van der Waals surface area contributed by atoms with Crippen molar-refractivity contribution in [2.24, 2.45) is 0 Å². The Kier molecular flexibility index (Phi) is 8.30. The van der Waals surface area contributed by atoms with Gasteiger partial charge in [0.1, 0.15) is 12.4 Å². The molecule has 0 unspecified atom stereocenters. The Morgan fingerprint density at radius 1 is 0.972 bits per heavy atom. The van der Waals surface area contributed by atoms with E-state index < -0.39 is 11.9 Å². The van der Waals surface area contributed by atoms with Crippen molar-refractivity contribution < 1.29 is 28.6 Å². The molecule has 1 aliphatic rings. The van der Waals surface area contributed by atoms with Gasteiger partial charge in [0.25, 0.3) is 11.1 Å². The SMILES string of the molecule is CCOc1cc(/C=C2\SC(=O)N(CCOc3ccccc3)C2=O)ccc1OC(=O)c1cccc(Cl)c1. The third-order valence-electron chi connectivity index (χ3n) is 5.03. The number of hydrogen-bond donors (Lipinski definition) is 0. The number of imide groups is 1. The van der Waals surface area contributed by atoms with Gasteiger partial charge in [0.05, 0.1) is 23.6 Å². The molecule has 4 rings (SSSR count). The van der Waals surface area contributed by atoms with Crippen molar-refractivity contribution in [3.8, 4) is 17.2 Å². The molecule has 2 amide bonds. The Hall–Kier alpha value is -3.75. The van der Waals surface area contributed by atoms with Gasteiger partial charge < -0.3 is 14.2 Å². The summed E-state index contributed by atoms with van der Waals surface area (Å²) in [6.07, 6.45) is 1.61. The van der Waals surface area contributed by atoms with Crippen molar-refractivity contribution >= 4 is 46.6 Å². The second kappa shape index (κ2) is 11.8. The molecule has 7 nitrogen and oxygen atoms in total. The molecule has 36 heavy (non-hydrogen) atoms. The van der Waals surface area contributed by atoms with Gasteiger partial charge in [-0.3, -0.25) is 14.5 Å². The van der Waals surface area contributed by atoms with Gasteiger partial charge in [-0.05, 0) is 72.8 Å². The molecule has 1 saturated heterocycles. The van der Waals surface area contributed by atoms with Crippen LogP contribution in [0.3, 0.4) is 0 Å². The van der Waals surface area contributed by atoms with Crippen molar-refractivity contribution in [3.63, 3.8) is 0 Å². The van der Waals surface area contributed by atoms with Crippen molar-refractivity contribution in [2.45, 2.75) is 6.92 Å². The largest absolute Gasteiger partial charge is 0.492 e. The Labute approximate surface area is 217 Å². The van der Waals surface area contributed by atoms with Gasteiger partial charge in [-0.2, -0.15) is 0 Å². The van der Waals surface area contributed by atoms with Crippen LogP contribution in [0.15, 0.2) is 77.7 Å². The van der Waals surface area contributed by atoms with E-state index in [0.29, 0.717) is 34.3 Å². The number of carbonyl (C=O) groups excluding carboxylic acids is 3. The van der Waals surface area contributed by atoms with Crippen LogP contribution >= 0.6 is 23.4 Å². The molecule has 9 heteroatoms. The van der Waals surface area contributed by atoms with Gasteiger partial charge in [-0.25, -0.2) is 4.79 Å². The second-order valence-corrected chi connectivity index (χ2v) is 8.96. The van der Waals surface area contributed by atoms with E-state index in [-0.39, 0.29) is 29.0 Å². The van der Waals surface area contributed by atoms with E-state index in [1.165, 1.54) is 6.07 Å². The number of thioether (sulfide) groups is 1. The van der Waals surface area contributed by atoms with Gasteiger partial charge in [0, 0.05) is 5.02 Å². The van der Waals surface area contributed by atoms with Gasteiger partial charge in [-0.15, -0.1) is 0 Å². The molecule has 3 aromatic rings. The van der Waals surface area contributed by atoms with E-state index in [4.69, 9.17) is 25.8 Å². The normalized spacial score (nSPS) is 14.3. The molecule has 184 valence electrons. The predicted octanol–water partition coefficient (Wildman–Crippen LogP) is 6.07. The molecule has 1 aliphatic heterocycles. The first-order valence-electron chi connectivity index (χ1n) is 11.1. The Bertz CT molecular complexity index is 1310. The highest BCUT2D eigenvalue weighted by atomic mass is 35.5. The van der Waals surface area contributed by atoms with Crippen LogP contribution in [0, 0.1) is 0 Å². The number of esters is 1. The molecule has 0 saturated carbocycles. The Balaban J connectivity index is 1.45. The van der Waals surface area contributed by atoms with Gasteiger partial charge in [0.15, 0.2) is 11.5 Å². The smallest absolute Gasteiger partial charge is 0.343 e. The summed E-state index contributed by atoms with van der Waals surface area (Å²) in [5.41, 5.74) is 0.922. The van der Waals surface area contributed by atoms with Crippen LogP contribution in [0.1, 0.15) is 22.8 Å². The van der Waals surface area contributed by atoms with Crippen LogP contribution < -0.4 is 14.2 Å². The Morgan fingerprint density at radius 3 is 2.53 bits per heavy atom. The summed E-state index contributed by atoms with van der Waals surface area (Å²) in [7, 11) is 0. The minimum atomic E-state index is -0.579. The van der Waals surface area contributed by atoms with Crippen molar-refractivity contribution in [3.05, 3.63) is 93.9 Å². The molecule has 0 spiro atoms. The molecule has 1 heterocycles. The van der Waals surface area contributed by atoms with E-state index >= 15 is 0 Å². The quantitative estimate of drug-likeness (QED) is 0.191. The number of benzene rings is 3. The summed E-state index contributed by atoms with van der Waals surface area (Å²) in [5, 5.41) is 0.0606. The molecule has 0 aromatic heterocycles. The topological polar surface area (TPSA) is 82.1 Å². The molecule has 0 aliphatic carbocycles. The average molecular weight is 524 g/mol. The number of rotatable bonds is 9. The number of ether oxygens (including phenoxy) is 3. The lowest BCUT2D eigenvalue weighted by Gasteiger charge is -2.13. The van der Waals surface area contributed by atoms with E-state index in [1.807, 2.05) is 18.2 Å². The van der Waals surface area contributed by atoms with Gasteiger partial charge in [0.2, 0.25) is 0 Å². The predicted molar refractivity (Wildman–Crippen MR) is 139 cm³/mol. The zero-order valence-electron chi connectivity index (χ0n) is 19.3. The standard InChI is InChI=1S/C27H22ClNO6S/c1-2-33-23-15-18(11-12-22(23)35-26(31)19-7-6-8-20(28)17-19)16-24-25(30)29(27(32)36-24)13-14-34-21-9-4-3-5-10-21/h3-12,15-17H,2,13-14H2,1H3/b24-16-. The van der Waals surface area contributed by atoms with Crippen molar-refractivity contribution in [1.29, 1.82) is 0 Å². The molecule has 0 N–H and O–H groups in total. The van der Waals surface area contributed by atoms with E-state index in [1.54, 1.807) is 61.5 Å². The lowest BCUT2D eigenvalue weighted by molar-refractivity contribution is -0.123. The first-order valence-corrected chi connectivity index (χ1v) is 12.3. The van der Waals surface area contributed by atoms with E-state index in [2.05, 4.69) is 0 Å². The van der Waals surface area contributed by atoms with E-state index in [0.717, 1.165) is 16.7 Å². The summed E-state index contributed by atoms with van der Waals surface area (Å²) in [6, 6.07) is 20.5. The van der Waals surface area contributed by atoms with E-state index in [9.17, 15) is 14.4 Å². The molecule has 3 aromatic carbocycles. The highest BCUT2D eigenvalue weighted by molar-refractivity contribution is 8.18. The van der Waals surface area contributed by atoms with Crippen LogP contribution in [-0.2, 0) is 4.79 Å². The summed E-state index contributed by atoms with van der Waals surface area (Å²) in [4.78, 5) is 39.2. The number of hydrogen-bond acceptors (Lipinski definition) is 7. The lowest BCUT2D eigenvalue weighted by atomic mass is 10.1. The maximum atomic E-state index is 12.8. The fourth-order valence-corrected chi connectivity index (χ4v) is 4.41. The maximum absolute atomic E-state index is 12.8. The van der Waals surface area contributed by atoms with Crippen LogP contribution in [-0.4, -0.2) is 41.8 Å². The monoisotopic (exact) mass is 523 g/mol. The molecule has 1 fully saturated rings. The van der Waals surface area contributed by atoms with Gasteiger partial charge >= 0.3 is 5.97 Å². The minimum absolute atomic E-state index is 0.138. The first-order chi connectivity index (χ1) is 17.4. The van der Waals surface area contributed by atoms with Gasteiger partial charge in [-0.1, -0.05) is 41.9 Å². The summed E-state index contributed by atoms with van der Waals surface area (Å²) >= 11 is 6.82. The van der Waals surface area contributed by atoms with Crippen molar-refractivity contribution in [2.75, 3.05) is 19.8 Å². The number of amides is 2. The number of halogens is 1. The zero-order valence-corrected chi connectivity index (χ0v) is 20.9. The minimum Gasteiger partial charge on any atom is -0.492 e. The highest BCUT2D eigenvalue weighted by Crippen LogP contribution is 2.35. The lowest BCUT2D eigenvalue weighted by Crippen LogP contribution is -2.32. The third kappa shape index (κ3) is 6.27. The summed E-state index contributed by atoms with van der Waals surface area (Å²) < 4.78 is 16.8. The third-order valence-corrected chi connectivity index (χ3v) is 6.17. The zero-order chi connectivity index (χ0) is 25.5. The highest BCUT2D eigenvalue weighted by Gasteiger charge is 2.34. The molecule has 0 atom stereocenters. The Morgan fingerprint density at radius 2 is 1.78 bits per heavy atom. The molecular weight excluding hydrogens is 502 g/mol. The van der Waals surface area contributed by atoms with Crippen LogP contribution in [0.5, 0.6) is 17.2 Å². The average Bonchev–Trinajstić information content (AvgIpc) is 3.13. The van der Waals surface area contributed by atoms with Crippen LogP contribution in [0.4, 0.5) is 4.79 Å². The van der Waals surface area contributed by atoms with Crippen LogP contribution in [0.2, 0.25) is 5.02 Å². The van der Waals surface area contributed by atoms with Crippen LogP contribution in [0.25, 0.3) is 6.08 Å². The fourth-order valence-electron chi connectivity index (χ4n) is 3.36. The number of para-hydroxylation sites is 1. The summed E-state index contributed by atoms with van der Waals surface area (Å²) in [6.45, 7) is 2.47. The second-order valence-electron chi connectivity index (χ2n) is 7.53. The fraction of sp³-hybridized carbons (Fsp3) is 0.148. The van der Waals surface area contributed by atoms with Crippen molar-refractivity contribution in [1.82, 2.24) is 4.90 Å². The molecule has 0 bridgehead atoms.